The first-order valence-corrected chi connectivity index (χ1v) is 9.08. The van der Waals surface area contributed by atoms with Crippen LogP contribution in [0, 0.1) is 5.92 Å². The molecule has 0 bridgehead atoms. The molecule has 2 aliphatic rings. The molecule has 0 spiro atoms. The van der Waals surface area contributed by atoms with Crippen molar-refractivity contribution in [3.05, 3.63) is 24.0 Å². The van der Waals surface area contributed by atoms with Gasteiger partial charge in [-0.2, -0.15) is 5.10 Å². The number of likely N-dealkylation sites (tertiary alicyclic amines) is 1. The Labute approximate surface area is 142 Å². The predicted molar refractivity (Wildman–Crippen MR) is 92.5 cm³/mol. The average Bonchev–Trinajstić information content (AvgIpc) is 3.35. The van der Waals surface area contributed by atoms with Gasteiger partial charge in [-0.05, 0) is 31.4 Å². The third kappa shape index (κ3) is 2.69. The van der Waals surface area contributed by atoms with Gasteiger partial charge < -0.3 is 10.6 Å². The lowest BCUT2D eigenvalue weighted by Crippen LogP contribution is -2.33. The number of pyridine rings is 1. The van der Waals surface area contributed by atoms with Crippen molar-refractivity contribution in [1.29, 1.82) is 0 Å². The number of amides is 1. The molecule has 2 aromatic rings. The van der Waals surface area contributed by atoms with Gasteiger partial charge in [0.1, 0.15) is 0 Å². The second kappa shape index (κ2) is 6.51. The predicted octanol–water partition coefficient (Wildman–Crippen LogP) is 1.90. The van der Waals surface area contributed by atoms with Gasteiger partial charge in [-0.15, -0.1) is 0 Å². The fourth-order valence-corrected chi connectivity index (χ4v) is 4.23. The summed E-state index contributed by atoms with van der Waals surface area (Å²) in [7, 11) is 0. The smallest absolute Gasteiger partial charge is 0.225 e. The minimum absolute atomic E-state index is 0.261. The minimum atomic E-state index is 0.261. The maximum Gasteiger partial charge on any atom is 0.225 e. The monoisotopic (exact) mass is 327 g/mol. The van der Waals surface area contributed by atoms with E-state index in [1.165, 1.54) is 12.8 Å². The van der Waals surface area contributed by atoms with E-state index in [0.29, 0.717) is 24.9 Å². The molecule has 0 radical (unpaired) electrons. The van der Waals surface area contributed by atoms with Crippen LogP contribution in [-0.4, -0.2) is 45.2 Å². The number of aromatic nitrogens is 3. The number of rotatable bonds is 4. The molecule has 2 N–H and O–H groups in total. The van der Waals surface area contributed by atoms with Crippen molar-refractivity contribution >= 4 is 16.9 Å². The molecular formula is C18H25N5O. The first-order valence-electron chi connectivity index (χ1n) is 9.08. The third-order valence-corrected chi connectivity index (χ3v) is 5.47. The van der Waals surface area contributed by atoms with Crippen LogP contribution in [-0.2, 0) is 11.3 Å². The Bertz CT molecular complexity index is 734. The summed E-state index contributed by atoms with van der Waals surface area (Å²) in [6.07, 6.45) is 7.32. The molecule has 2 fully saturated rings. The second-order valence-electron chi connectivity index (χ2n) is 7.02. The van der Waals surface area contributed by atoms with E-state index in [9.17, 15) is 4.79 Å². The molecule has 1 saturated heterocycles. The second-order valence-corrected chi connectivity index (χ2v) is 7.02. The van der Waals surface area contributed by atoms with Gasteiger partial charge >= 0.3 is 0 Å². The molecule has 6 heteroatoms. The molecule has 24 heavy (non-hydrogen) atoms. The van der Waals surface area contributed by atoms with Crippen molar-refractivity contribution in [2.24, 2.45) is 11.7 Å². The van der Waals surface area contributed by atoms with Crippen molar-refractivity contribution < 1.29 is 4.79 Å². The number of nitrogens with two attached hydrogens (primary N) is 1. The van der Waals surface area contributed by atoms with Crippen molar-refractivity contribution in [1.82, 2.24) is 19.7 Å². The molecular weight excluding hydrogens is 302 g/mol. The largest absolute Gasteiger partial charge is 0.342 e. The maximum absolute atomic E-state index is 12.7. The summed E-state index contributed by atoms with van der Waals surface area (Å²) >= 11 is 0. The van der Waals surface area contributed by atoms with Gasteiger partial charge in [0.05, 0.1) is 12.2 Å². The number of fused-ring (bicyclic) bond motifs is 1. The number of carbonyl (C=O) groups excluding carboxylic acids is 1. The van der Waals surface area contributed by atoms with Crippen LogP contribution >= 0.6 is 0 Å². The van der Waals surface area contributed by atoms with E-state index in [4.69, 9.17) is 10.8 Å². The number of hydrogen-bond acceptors (Lipinski definition) is 4. The molecule has 4 rings (SSSR count). The lowest BCUT2D eigenvalue weighted by Gasteiger charge is -2.20. The summed E-state index contributed by atoms with van der Waals surface area (Å²) in [5.41, 5.74) is 7.68. The quantitative estimate of drug-likeness (QED) is 0.930. The highest BCUT2D eigenvalue weighted by Gasteiger charge is 2.34. The molecule has 6 nitrogen and oxygen atoms in total. The van der Waals surface area contributed by atoms with Crippen molar-refractivity contribution in [3.63, 3.8) is 0 Å². The normalized spacial score (nSPS) is 21.9. The summed E-state index contributed by atoms with van der Waals surface area (Å²) in [5, 5.41) is 5.89. The van der Waals surface area contributed by atoms with E-state index in [0.717, 1.165) is 49.1 Å². The van der Waals surface area contributed by atoms with Crippen LogP contribution in [0.5, 0.6) is 0 Å². The Morgan fingerprint density at radius 3 is 2.92 bits per heavy atom. The average molecular weight is 327 g/mol. The van der Waals surface area contributed by atoms with Crippen LogP contribution in [0.3, 0.4) is 0 Å². The first kappa shape index (κ1) is 15.6. The summed E-state index contributed by atoms with van der Waals surface area (Å²) in [4.78, 5) is 19.2. The van der Waals surface area contributed by atoms with Crippen molar-refractivity contribution in [2.45, 2.75) is 44.6 Å². The molecule has 1 atom stereocenters. The van der Waals surface area contributed by atoms with Crippen LogP contribution in [0.15, 0.2) is 18.3 Å². The number of carbonyl (C=O) groups is 1. The van der Waals surface area contributed by atoms with Crippen molar-refractivity contribution in [3.8, 4) is 0 Å². The standard InChI is InChI=1S/C18H25N5O/c19-8-11-23-17-15(6-3-9-20-17)16(21-23)14-7-10-22(12-14)18(24)13-4-1-2-5-13/h3,6,9,13-14H,1-2,4-5,7-8,10-12,19H2/t14-/m1/s1. The number of hydrogen-bond donors (Lipinski definition) is 1. The highest BCUT2D eigenvalue weighted by atomic mass is 16.2. The molecule has 128 valence electrons. The summed E-state index contributed by atoms with van der Waals surface area (Å²) in [5.74, 6) is 0.928. The molecule has 1 saturated carbocycles. The van der Waals surface area contributed by atoms with Gasteiger partial charge in [0.15, 0.2) is 5.65 Å². The third-order valence-electron chi connectivity index (χ3n) is 5.47. The molecule has 0 aromatic carbocycles. The molecule has 1 aliphatic carbocycles. The van der Waals surface area contributed by atoms with E-state index in [-0.39, 0.29) is 5.92 Å². The Balaban J connectivity index is 1.56. The van der Waals surface area contributed by atoms with Gasteiger partial charge in [-0.25, -0.2) is 9.67 Å². The zero-order valence-corrected chi connectivity index (χ0v) is 14.0. The van der Waals surface area contributed by atoms with Crippen LogP contribution in [0.4, 0.5) is 0 Å². The maximum atomic E-state index is 12.7. The van der Waals surface area contributed by atoms with E-state index < -0.39 is 0 Å². The fraction of sp³-hybridized carbons (Fsp3) is 0.611. The summed E-state index contributed by atoms with van der Waals surface area (Å²) < 4.78 is 1.91. The van der Waals surface area contributed by atoms with E-state index in [1.54, 1.807) is 6.20 Å². The van der Waals surface area contributed by atoms with Crippen LogP contribution < -0.4 is 5.73 Å². The van der Waals surface area contributed by atoms with Crippen LogP contribution in [0.1, 0.15) is 43.7 Å². The lowest BCUT2D eigenvalue weighted by atomic mass is 10.0. The van der Waals surface area contributed by atoms with E-state index >= 15 is 0 Å². The topological polar surface area (TPSA) is 77.0 Å². The Morgan fingerprint density at radius 2 is 2.12 bits per heavy atom. The summed E-state index contributed by atoms with van der Waals surface area (Å²) in [6.45, 7) is 2.86. The Hall–Kier alpha value is -1.95. The molecule has 2 aromatic heterocycles. The van der Waals surface area contributed by atoms with E-state index in [2.05, 4.69) is 16.0 Å². The lowest BCUT2D eigenvalue weighted by molar-refractivity contribution is -0.134. The van der Waals surface area contributed by atoms with Crippen LogP contribution in [0.25, 0.3) is 11.0 Å². The van der Waals surface area contributed by atoms with Gasteiger partial charge in [-0.3, -0.25) is 4.79 Å². The van der Waals surface area contributed by atoms with Gasteiger partial charge in [0.25, 0.3) is 0 Å². The zero-order valence-electron chi connectivity index (χ0n) is 14.0. The Kier molecular flexibility index (Phi) is 4.22. The highest BCUT2D eigenvalue weighted by molar-refractivity contribution is 5.81. The molecule has 0 unspecified atom stereocenters. The molecule has 3 heterocycles. The minimum Gasteiger partial charge on any atom is -0.342 e. The van der Waals surface area contributed by atoms with Gasteiger partial charge in [0.2, 0.25) is 5.91 Å². The van der Waals surface area contributed by atoms with Gasteiger partial charge in [0, 0.05) is 43.1 Å². The zero-order chi connectivity index (χ0) is 16.5. The Morgan fingerprint density at radius 1 is 1.29 bits per heavy atom. The van der Waals surface area contributed by atoms with Crippen LogP contribution in [0.2, 0.25) is 0 Å². The SMILES string of the molecule is NCCn1nc([C@@H]2CCN(C(=O)C3CCCC3)C2)c2cccnc21. The highest BCUT2D eigenvalue weighted by Crippen LogP contribution is 2.34. The molecule has 1 amide bonds. The van der Waals surface area contributed by atoms with Crippen molar-refractivity contribution in [2.75, 3.05) is 19.6 Å². The first-order chi connectivity index (χ1) is 11.8. The fourth-order valence-electron chi connectivity index (χ4n) is 4.23. The van der Waals surface area contributed by atoms with Gasteiger partial charge in [-0.1, -0.05) is 12.8 Å². The summed E-state index contributed by atoms with van der Waals surface area (Å²) in [6, 6.07) is 4.04. The van der Waals surface area contributed by atoms with E-state index in [1.807, 2.05) is 10.7 Å². The molecule has 1 aliphatic heterocycles. The number of nitrogens with zero attached hydrogens (tertiary/aromatic N) is 4.